The van der Waals surface area contributed by atoms with Crippen LogP contribution in [-0.4, -0.2) is 35.6 Å². The summed E-state index contributed by atoms with van der Waals surface area (Å²) in [6.45, 7) is 7.53. The molecule has 6 heteroatoms. The highest BCUT2D eigenvalue weighted by atomic mass is 32.2. The van der Waals surface area contributed by atoms with E-state index < -0.39 is 10.0 Å². The van der Waals surface area contributed by atoms with Gasteiger partial charge in [-0.15, -0.1) is 0 Å². The van der Waals surface area contributed by atoms with Crippen LogP contribution < -0.4 is 0 Å². The zero-order valence-corrected chi connectivity index (χ0v) is 15.4. The lowest BCUT2D eigenvalue weighted by Crippen LogP contribution is -2.36. The van der Waals surface area contributed by atoms with Crippen molar-refractivity contribution in [3.63, 3.8) is 0 Å². The molecule has 1 aliphatic heterocycles. The monoisotopic (exact) mass is 347 g/mol. The summed E-state index contributed by atoms with van der Waals surface area (Å²) >= 11 is 0. The van der Waals surface area contributed by atoms with Gasteiger partial charge in [-0.2, -0.15) is 9.40 Å². The number of sulfonamides is 1. The van der Waals surface area contributed by atoms with Crippen molar-refractivity contribution in [3.05, 3.63) is 46.8 Å². The Morgan fingerprint density at radius 2 is 1.71 bits per heavy atom. The van der Waals surface area contributed by atoms with Crippen molar-refractivity contribution in [2.75, 3.05) is 13.1 Å². The first-order valence-electron chi connectivity index (χ1n) is 8.50. The molecule has 5 nitrogen and oxygen atoms in total. The molecule has 0 unspecified atom stereocenters. The minimum atomic E-state index is -3.45. The highest BCUT2D eigenvalue weighted by Crippen LogP contribution is 2.26. The summed E-state index contributed by atoms with van der Waals surface area (Å²) in [4.78, 5) is 0.387. The molecule has 1 fully saturated rings. The predicted molar refractivity (Wildman–Crippen MR) is 94.6 cm³/mol. The van der Waals surface area contributed by atoms with Gasteiger partial charge in [0.25, 0.3) is 0 Å². The molecule has 0 bridgehead atoms. The molecule has 0 spiro atoms. The van der Waals surface area contributed by atoms with Crippen molar-refractivity contribution in [1.29, 1.82) is 0 Å². The molecule has 0 aliphatic carbocycles. The van der Waals surface area contributed by atoms with Crippen molar-refractivity contribution in [2.24, 2.45) is 0 Å². The Kier molecular flexibility index (Phi) is 4.78. The average Bonchev–Trinajstić information content (AvgIpc) is 2.85. The Bertz CT molecular complexity index is 834. The van der Waals surface area contributed by atoms with E-state index >= 15 is 0 Å². The van der Waals surface area contributed by atoms with Gasteiger partial charge in [0.1, 0.15) is 4.90 Å². The minimum absolute atomic E-state index is 0.387. The second-order valence-corrected chi connectivity index (χ2v) is 8.42. The van der Waals surface area contributed by atoms with Crippen molar-refractivity contribution in [3.8, 4) is 0 Å². The minimum Gasteiger partial charge on any atom is -0.264 e. The molecule has 1 aliphatic rings. The fourth-order valence-electron chi connectivity index (χ4n) is 3.39. The van der Waals surface area contributed by atoms with Gasteiger partial charge in [0, 0.05) is 13.1 Å². The standard InChI is InChI=1S/C18H25N3O2S/c1-14-9-5-6-10-17(14)13-21-16(3)18(15(2)19-21)24(22,23)20-11-7-4-8-12-20/h5-6,9-10H,4,7-8,11-13H2,1-3H3. The number of rotatable bonds is 4. The number of hydrogen-bond donors (Lipinski definition) is 0. The van der Waals surface area contributed by atoms with E-state index in [-0.39, 0.29) is 0 Å². The summed E-state index contributed by atoms with van der Waals surface area (Å²) in [6, 6.07) is 8.13. The Hall–Kier alpha value is -1.66. The van der Waals surface area contributed by atoms with Gasteiger partial charge in [-0.25, -0.2) is 8.42 Å². The Morgan fingerprint density at radius 1 is 1.04 bits per heavy atom. The highest BCUT2D eigenvalue weighted by molar-refractivity contribution is 7.89. The smallest absolute Gasteiger partial charge is 0.246 e. The van der Waals surface area contributed by atoms with E-state index in [1.165, 1.54) is 5.56 Å². The van der Waals surface area contributed by atoms with E-state index in [0.717, 1.165) is 30.5 Å². The maximum absolute atomic E-state index is 13.0. The number of hydrogen-bond acceptors (Lipinski definition) is 3. The largest absolute Gasteiger partial charge is 0.264 e. The van der Waals surface area contributed by atoms with E-state index in [9.17, 15) is 8.42 Å². The quantitative estimate of drug-likeness (QED) is 0.854. The zero-order chi connectivity index (χ0) is 17.3. The van der Waals surface area contributed by atoms with Gasteiger partial charge < -0.3 is 0 Å². The van der Waals surface area contributed by atoms with Crippen LogP contribution >= 0.6 is 0 Å². The van der Waals surface area contributed by atoms with Gasteiger partial charge in [0.15, 0.2) is 0 Å². The topological polar surface area (TPSA) is 55.2 Å². The van der Waals surface area contributed by atoms with Gasteiger partial charge in [0.2, 0.25) is 10.0 Å². The van der Waals surface area contributed by atoms with Crippen molar-refractivity contribution >= 4 is 10.0 Å². The van der Waals surface area contributed by atoms with E-state index in [1.54, 1.807) is 11.2 Å². The van der Waals surface area contributed by atoms with Crippen LogP contribution in [-0.2, 0) is 16.6 Å². The average molecular weight is 347 g/mol. The molecule has 3 rings (SSSR count). The third-order valence-corrected chi connectivity index (χ3v) is 6.96. The molecule has 2 aromatic rings. The molecule has 130 valence electrons. The molecular weight excluding hydrogens is 322 g/mol. The second-order valence-electron chi connectivity index (χ2n) is 6.55. The highest BCUT2D eigenvalue weighted by Gasteiger charge is 2.31. The molecule has 1 saturated heterocycles. The van der Waals surface area contributed by atoms with E-state index in [0.29, 0.717) is 30.2 Å². The Labute approximate surface area is 144 Å². The van der Waals surface area contributed by atoms with Crippen molar-refractivity contribution in [2.45, 2.75) is 51.5 Å². The Balaban J connectivity index is 1.96. The second kappa shape index (κ2) is 6.69. The molecule has 0 radical (unpaired) electrons. The molecule has 0 N–H and O–H groups in total. The van der Waals surface area contributed by atoms with Crippen molar-refractivity contribution in [1.82, 2.24) is 14.1 Å². The zero-order valence-electron chi connectivity index (χ0n) is 14.6. The van der Waals surface area contributed by atoms with Crippen LogP contribution in [0.2, 0.25) is 0 Å². The molecular formula is C18H25N3O2S. The first kappa shape index (κ1) is 17.2. The third-order valence-electron chi connectivity index (χ3n) is 4.81. The number of aromatic nitrogens is 2. The molecule has 0 amide bonds. The molecule has 24 heavy (non-hydrogen) atoms. The van der Waals surface area contributed by atoms with Gasteiger partial charge in [-0.1, -0.05) is 30.7 Å². The summed E-state index contributed by atoms with van der Waals surface area (Å²) in [5, 5.41) is 4.52. The summed E-state index contributed by atoms with van der Waals surface area (Å²) in [5.41, 5.74) is 3.66. The number of piperidine rings is 1. The van der Waals surface area contributed by atoms with E-state index in [4.69, 9.17) is 0 Å². The Morgan fingerprint density at radius 3 is 2.38 bits per heavy atom. The maximum Gasteiger partial charge on any atom is 0.246 e. The summed E-state index contributed by atoms with van der Waals surface area (Å²) in [7, 11) is -3.45. The van der Waals surface area contributed by atoms with Crippen LogP contribution in [0.1, 0.15) is 41.8 Å². The van der Waals surface area contributed by atoms with E-state index in [2.05, 4.69) is 24.2 Å². The molecule has 1 aromatic carbocycles. The third kappa shape index (κ3) is 3.13. The fourth-order valence-corrected chi connectivity index (χ4v) is 5.28. The van der Waals surface area contributed by atoms with Gasteiger partial charge in [0.05, 0.1) is 17.9 Å². The summed E-state index contributed by atoms with van der Waals surface area (Å²) < 4.78 is 29.5. The van der Waals surface area contributed by atoms with Crippen LogP contribution in [0.3, 0.4) is 0 Å². The van der Waals surface area contributed by atoms with E-state index in [1.807, 2.05) is 23.7 Å². The normalized spacial score (nSPS) is 16.5. The van der Waals surface area contributed by atoms with Gasteiger partial charge in [-0.3, -0.25) is 4.68 Å². The number of nitrogens with zero attached hydrogens (tertiary/aromatic N) is 3. The first-order chi connectivity index (χ1) is 11.4. The summed E-state index contributed by atoms with van der Waals surface area (Å²) in [6.07, 6.45) is 2.99. The fraction of sp³-hybridized carbons (Fsp3) is 0.500. The van der Waals surface area contributed by atoms with Crippen LogP contribution in [0, 0.1) is 20.8 Å². The molecule has 2 heterocycles. The van der Waals surface area contributed by atoms with Crippen LogP contribution in [0.5, 0.6) is 0 Å². The number of aryl methyl sites for hydroxylation is 2. The summed E-state index contributed by atoms with van der Waals surface area (Å²) in [5.74, 6) is 0. The predicted octanol–water partition coefficient (Wildman–Crippen LogP) is 3.03. The van der Waals surface area contributed by atoms with Gasteiger partial charge >= 0.3 is 0 Å². The lowest BCUT2D eigenvalue weighted by Gasteiger charge is -2.26. The lowest BCUT2D eigenvalue weighted by atomic mass is 10.1. The number of benzene rings is 1. The molecule has 0 saturated carbocycles. The molecule has 1 aromatic heterocycles. The van der Waals surface area contributed by atoms with Crippen LogP contribution in [0.15, 0.2) is 29.2 Å². The van der Waals surface area contributed by atoms with Crippen LogP contribution in [0.25, 0.3) is 0 Å². The van der Waals surface area contributed by atoms with Gasteiger partial charge in [-0.05, 0) is 44.7 Å². The molecule has 0 atom stereocenters. The maximum atomic E-state index is 13.0. The first-order valence-corrected chi connectivity index (χ1v) is 9.94. The SMILES string of the molecule is Cc1ccccc1Cn1nc(C)c(S(=O)(=O)N2CCCCC2)c1C. The van der Waals surface area contributed by atoms with Crippen molar-refractivity contribution < 1.29 is 8.42 Å². The van der Waals surface area contributed by atoms with Crippen LogP contribution in [0.4, 0.5) is 0 Å². The lowest BCUT2D eigenvalue weighted by molar-refractivity contribution is 0.346.